The first-order chi connectivity index (χ1) is 11.6. The molecule has 0 saturated carbocycles. The average Bonchev–Trinajstić information content (AvgIpc) is 2.89. The highest BCUT2D eigenvalue weighted by Gasteiger charge is 2.15. The highest BCUT2D eigenvalue weighted by molar-refractivity contribution is 7.80. The SMILES string of the molecule is COc1cc2c(-c3ccccc3)c(C)oc2cc1/C=N\NC(N)=S. The van der Waals surface area contributed by atoms with Crippen molar-refractivity contribution in [1.82, 2.24) is 5.43 Å². The number of methoxy groups -OCH3 is 1. The van der Waals surface area contributed by atoms with E-state index in [0.717, 1.165) is 33.4 Å². The summed E-state index contributed by atoms with van der Waals surface area (Å²) in [4.78, 5) is 0. The number of benzene rings is 2. The Morgan fingerprint density at radius 2 is 2.04 bits per heavy atom. The predicted octanol–water partition coefficient (Wildman–Crippen LogP) is 3.58. The summed E-state index contributed by atoms with van der Waals surface area (Å²) >= 11 is 4.73. The summed E-state index contributed by atoms with van der Waals surface area (Å²) in [5, 5.41) is 5.08. The van der Waals surface area contributed by atoms with Crippen LogP contribution in [0.25, 0.3) is 22.1 Å². The van der Waals surface area contributed by atoms with Crippen LogP contribution in [0.15, 0.2) is 52.0 Å². The fourth-order valence-corrected chi connectivity index (χ4v) is 2.72. The van der Waals surface area contributed by atoms with Crippen LogP contribution in [0.4, 0.5) is 0 Å². The highest BCUT2D eigenvalue weighted by Crippen LogP contribution is 2.37. The zero-order valence-electron chi connectivity index (χ0n) is 13.4. The Labute approximate surface area is 145 Å². The van der Waals surface area contributed by atoms with Gasteiger partial charge in [-0.1, -0.05) is 30.3 Å². The Bertz CT molecular complexity index is 917. The fraction of sp³-hybridized carbons (Fsp3) is 0.111. The minimum atomic E-state index is 0.103. The number of nitrogens with one attached hydrogen (secondary N) is 1. The van der Waals surface area contributed by atoms with E-state index in [1.807, 2.05) is 37.3 Å². The molecule has 0 amide bonds. The van der Waals surface area contributed by atoms with Crippen molar-refractivity contribution in [3.8, 4) is 16.9 Å². The third-order valence-electron chi connectivity index (χ3n) is 3.66. The number of aryl methyl sites for hydroxylation is 1. The lowest BCUT2D eigenvalue weighted by molar-refractivity contribution is 0.414. The third kappa shape index (κ3) is 3.09. The van der Waals surface area contributed by atoms with Crippen molar-refractivity contribution in [2.75, 3.05) is 7.11 Å². The second kappa shape index (κ2) is 6.72. The number of nitrogens with zero attached hydrogens (tertiary/aromatic N) is 1. The zero-order valence-corrected chi connectivity index (χ0v) is 14.2. The molecule has 0 unspecified atom stereocenters. The van der Waals surface area contributed by atoms with Crippen molar-refractivity contribution in [2.24, 2.45) is 10.8 Å². The van der Waals surface area contributed by atoms with Crippen LogP contribution in [-0.4, -0.2) is 18.4 Å². The van der Waals surface area contributed by atoms with Gasteiger partial charge >= 0.3 is 0 Å². The van der Waals surface area contributed by atoms with Crippen LogP contribution in [0.3, 0.4) is 0 Å². The fourth-order valence-electron chi connectivity index (χ4n) is 2.67. The molecule has 2 aromatic carbocycles. The molecule has 5 nitrogen and oxygen atoms in total. The molecular formula is C18H17N3O2S. The lowest BCUT2D eigenvalue weighted by Crippen LogP contribution is -2.24. The van der Waals surface area contributed by atoms with Crippen LogP contribution in [0, 0.1) is 6.92 Å². The summed E-state index contributed by atoms with van der Waals surface area (Å²) in [6.45, 7) is 1.96. The highest BCUT2D eigenvalue weighted by atomic mass is 32.1. The summed E-state index contributed by atoms with van der Waals surface area (Å²) in [7, 11) is 1.62. The van der Waals surface area contributed by atoms with Crippen LogP contribution in [0.2, 0.25) is 0 Å². The van der Waals surface area contributed by atoms with Gasteiger partial charge in [-0.3, -0.25) is 5.43 Å². The topological polar surface area (TPSA) is 72.8 Å². The van der Waals surface area contributed by atoms with Crippen molar-refractivity contribution in [3.63, 3.8) is 0 Å². The van der Waals surface area contributed by atoms with Gasteiger partial charge in [0.1, 0.15) is 17.1 Å². The van der Waals surface area contributed by atoms with Crippen LogP contribution in [-0.2, 0) is 0 Å². The summed E-state index contributed by atoms with van der Waals surface area (Å²) in [5.41, 5.74) is 11.6. The minimum absolute atomic E-state index is 0.103. The van der Waals surface area contributed by atoms with Crippen molar-refractivity contribution >= 4 is 34.5 Å². The van der Waals surface area contributed by atoms with Crippen LogP contribution >= 0.6 is 12.2 Å². The number of hydrogen-bond acceptors (Lipinski definition) is 4. The molecule has 24 heavy (non-hydrogen) atoms. The van der Waals surface area contributed by atoms with Crippen molar-refractivity contribution in [2.45, 2.75) is 6.92 Å². The summed E-state index contributed by atoms with van der Waals surface area (Å²) in [6, 6.07) is 14.0. The molecule has 0 aliphatic carbocycles. The number of fused-ring (bicyclic) bond motifs is 1. The number of thiocarbonyl (C=S) groups is 1. The molecule has 3 N–H and O–H groups in total. The first kappa shape index (κ1) is 16.0. The van der Waals surface area contributed by atoms with E-state index in [2.05, 4.69) is 22.7 Å². The van der Waals surface area contributed by atoms with E-state index < -0.39 is 0 Å². The molecule has 6 heteroatoms. The van der Waals surface area contributed by atoms with Crippen molar-refractivity contribution < 1.29 is 9.15 Å². The second-order valence-corrected chi connectivity index (χ2v) is 5.66. The molecule has 122 valence electrons. The van der Waals surface area contributed by atoms with E-state index in [-0.39, 0.29) is 5.11 Å². The zero-order chi connectivity index (χ0) is 17.1. The maximum atomic E-state index is 5.93. The smallest absolute Gasteiger partial charge is 0.184 e. The lowest BCUT2D eigenvalue weighted by atomic mass is 10.0. The van der Waals surface area contributed by atoms with Gasteiger partial charge in [0, 0.05) is 16.5 Å². The Hall–Kier alpha value is -2.86. The number of hydrogen-bond donors (Lipinski definition) is 2. The Balaban J connectivity index is 2.13. The van der Waals surface area contributed by atoms with E-state index in [4.69, 9.17) is 27.1 Å². The Morgan fingerprint density at radius 1 is 1.29 bits per heavy atom. The molecule has 0 saturated heterocycles. The van der Waals surface area contributed by atoms with Gasteiger partial charge in [-0.15, -0.1) is 0 Å². The van der Waals surface area contributed by atoms with Gasteiger partial charge in [0.25, 0.3) is 0 Å². The Morgan fingerprint density at radius 3 is 2.71 bits per heavy atom. The predicted molar refractivity (Wildman–Crippen MR) is 100 cm³/mol. The molecule has 0 aliphatic heterocycles. The van der Waals surface area contributed by atoms with Gasteiger partial charge < -0.3 is 14.9 Å². The van der Waals surface area contributed by atoms with Gasteiger partial charge in [0.2, 0.25) is 0 Å². The molecule has 0 spiro atoms. The lowest BCUT2D eigenvalue weighted by Gasteiger charge is -2.06. The molecule has 0 bridgehead atoms. The quantitative estimate of drug-likeness (QED) is 0.432. The van der Waals surface area contributed by atoms with Crippen LogP contribution < -0.4 is 15.9 Å². The van der Waals surface area contributed by atoms with E-state index in [1.165, 1.54) is 0 Å². The van der Waals surface area contributed by atoms with E-state index in [0.29, 0.717) is 5.75 Å². The molecule has 0 fully saturated rings. The minimum Gasteiger partial charge on any atom is -0.496 e. The number of hydrazone groups is 1. The first-order valence-corrected chi connectivity index (χ1v) is 7.76. The maximum absolute atomic E-state index is 5.93. The number of nitrogens with two attached hydrogens (primary N) is 1. The summed E-state index contributed by atoms with van der Waals surface area (Å²) in [5.74, 6) is 1.54. The van der Waals surface area contributed by atoms with Gasteiger partial charge in [-0.25, -0.2) is 0 Å². The van der Waals surface area contributed by atoms with Gasteiger partial charge in [0.15, 0.2) is 5.11 Å². The molecule has 3 rings (SSSR count). The number of rotatable bonds is 4. The molecule has 3 aromatic rings. The van der Waals surface area contributed by atoms with E-state index in [1.54, 1.807) is 13.3 Å². The summed E-state index contributed by atoms with van der Waals surface area (Å²) in [6.07, 6.45) is 1.59. The molecule has 1 heterocycles. The molecular weight excluding hydrogens is 322 g/mol. The molecule has 0 aliphatic rings. The molecule has 0 atom stereocenters. The van der Waals surface area contributed by atoms with Crippen LogP contribution in [0.1, 0.15) is 11.3 Å². The standard InChI is InChI=1S/C18H17N3O2S/c1-11-17(12-6-4-3-5-7-12)14-9-15(22-2)13(8-16(14)23-11)10-20-21-18(19)24/h3-10H,1-2H3,(H3,19,21,24)/b20-10-. The first-order valence-electron chi connectivity index (χ1n) is 7.35. The second-order valence-electron chi connectivity index (χ2n) is 5.22. The van der Waals surface area contributed by atoms with Crippen molar-refractivity contribution in [1.29, 1.82) is 0 Å². The third-order valence-corrected chi connectivity index (χ3v) is 3.75. The number of furan rings is 1. The van der Waals surface area contributed by atoms with Gasteiger partial charge in [-0.2, -0.15) is 5.10 Å². The molecule has 1 aromatic heterocycles. The van der Waals surface area contributed by atoms with E-state index in [9.17, 15) is 0 Å². The number of ether oxygens (including phenoxy) is 1. The Kier molecular flexibility index (Phi) is 4.48. The molecule has 0 radical (unpaired) electrons. The van der Waals surface area contributed by atoms with Crippen molar-refractivity contribution in [3.05, 3.63) is 53.8 Å². The average molecular weight is 339 g/mol. The van der Waals surface area contributed by atoms with E-state index >= 15 is 0 Å². The summed E-state index contributed by atoms with van der Waals surface area (Å²) < 4.78 is 11.4. The maximum Gasteiger partial charge on any atom is 0.184 e. The van der Waals surface area contributed by atoms with Gasteiger partial charge in [-0.05, 0) is 36.8 Å². The monoisotopic (exact) mass is 339 g/mol. The van der Waals surface area contributed by atoms with Gasteiger partial charge in [0.05, 0.1) is 13.3 Å². The van der Waals surface area contributed by atoms with Crippen LogP contribution in [0.5, 0.6) is 5.75 Å². The normalized spacial score (nSPS) is 11.1. The largest absolute Gasteiger partial charge is 0.496 e.